The smallest absolute Gasteiger partial charge is 0.288 e. The van der Waals surface area contributed by atoms with E-state index in [-0.39, 0.29) is 10.3 Å². The van der Waals surface area contributed by atoms with Crippen LogP contribution in [0, 0.1) is 10.1 Å². The molecular formula is C17H17BrN2O4S. The molecule has 0 radical (unpaired) electrons. The summed E-state index contributed by atoms with van der Waals surface area (Å²) in [6.45, 7) is 0.636. The number of halogens is 1. The number of hydrogen-bond acceptors (Lipinski definition) is 5. The molecule has 0 saturated heterocycles. The van der Waals surface area contributed by atoms with Crippen LogP contribution in [0.2, 0.25) is 0 Å². The highest BCUT2D eigenvalue weighted by molar-refractivity contribution is 9.10. The Morgan fingerprint density at radius 1 is 1.24 bits per heavy atom. The van der Waals surface area contributed by atoms with E-state index >= 15 is 0 Å². The van der Waals surface area contributed by atoms with Gasteiger partial charge in [0.25, 0.3) is 5.69 Å². The fourth-order valence-corrected chi connectivity index (χ4v) is 4.50. The lowest BCUT2D eigenvalue weighted by Crippen LogP contribution is -2.20. The van der Waals surface area contributed by atoms with E-state index in [0.29, 0.717) is 12.2 Å². The largest absolute Gasteiger partial charge is 0.384 e. The lowest BCUT2D eigenvalue weighted by Gasteiger charge is -2.19. The maximum absolute atomic E-state index is 11.9. The van der Waals surface area contributed by atoms with Gasteiger partial charge in [0.05, 0.1) is 4.92 Å². The highest BCUT2D eigenvalue weighted by atomic mass is 79.9. The molecule has 2 aromatic rings. The van der Waals surface area contributed by atoms with Crippen LogP contribution < -0.4 is 5.32 Å². The Kier molecular flexibility index (Phi) is 4.59. The van der Waals surface area contributed by atoms with Crippen LogP contribution in [0.5, 0.6) is 0 Å². The van der Waals surface area contributed by atoms with Crippen LogP contribution in [0.4, 0.5) is 11.4 Å². The summed E-state index contributed by atoms with van der Waals surface area (Å²) in [5.41, 5.74) is 1.38. The molecule has 132 valence electrons. The minimum atomic E-state index is -3.69. The van der Waals surface area contributed by atoms with Crippen LogP contribution in [-0.2, 0) is 15.3 Å². The van der Waals surface area contributed by atoms with Gasteiger partial charge in [-0.3, -0.25) is 10.1 Å². The quantitative estimate of drug-likeness (QED) is 0.560. The van der Waals surface area contributed by atoms with Crippen molar-refractivity contribution in [1.82, 2.24) is 0 Å². The van der Waals surface area contributed by atoms with Crippen molar-refractivity contribution in [2.75, 3.05) is 18.1 Å². The average Bonchev–Trinajstić information content (AvgIpc) is 3.33. The molecular weight excluding hydrogens is 408 g/mol. The summed E-state index contributed by atoms with van der Waals surface area (Å²) in [5.74, 6) is 0. The van der Waals surface area contributed by atoms with Crippen molar-refractivity contribution < 1.29 is 13.3 Å². The second-order valence-electron chi connectivity index (χ2n) is 6.33. The minimum Gasteiger partial charge on any atom is -0.384 e. The molecule has 0 atom stereocenters. The summed E-state index contributed by atoms with van der Waals surface area (Å²) in [4.78, 5) is 10.1. The van der Waals surface area contributed by atoms with Gasteiger partial charge >= 0.3 is 0 Å². The Labute approximate surface area is 154 Å². The summed E-state index contributed by atoms with van der Waals surface area (Å²) >= 11 is 3.58. The first-order valence-corrected chi connectivity index (χ1v) is 10.4. The van der Waals surface area contributed by atoms with E-state index in [9.17, 15) is 18.5 Å². The van der Waals surface area contributed by atoms with E-state index < -0.39 is 20.4 Å². The Morgan fingerprint density at radius 2 is 1.92 bits per heavy atom. The molecule has 0 spiro atoms. The lowest BCUT2D eigenvalue weighted by molar-refractivity contribution is -0.387. The minimum absolute atomic E-state index is 0.00706. The maximum atomic E-state index is 11.9. The number of rotatable bonds is 6. The van der Waals surface area contributed by atoms with Crippen molar-refractivity contribution in [3.63, 3.8) is 0 Å². The zero-order valence-corrected chi connectivity index (χ0v) is 15.9. The first kappa shape index (κ1) is 17.9. The van der Waals surface area contributed by atoms with Gasteiger partial charge in [0.1, 0.15) is 4.90 Å². The Balaban J connectivity index is 1.85. The van der Waals surface area contributed by atoms with Crippen LogP contribution in [0.15, 0.2) is 51.8 Å². The molecule has 1 fully saturated rings. The summed E-state index contributed by atoms with van der Waals surface area (Å²) < 4.78 is 24.8. The van der Waals surface area contributed by atoms with Crippen molar-refractivity contribution in [1.29, 1.82) is 0 Å². The van der Waals surface area contributed by atoms with Crippen molar-refractivity contribution >= 4 is 37.1 Å². The van der Waals surface area contributed by atoms with Crippen molar-refractivity contribution in [3.8, 4) is 0 Å². The van der Waals surface area contributed by atoms with Crippen LogP contribution in [0.3, 0.4) is 0 Å². The summed E-state index contributed by atoms with van der Waals surface area (Å²) in [6.07, 6.45) is 3.05. The Bertz CT molecular complexity index is 939. The maximum Gasteiger partial charge on any atom is 0.288 e. The van der Waals surface area contributed by atoms with Crippen LogP contribution in [0.1, 0.15) is 18.4 Å². The number of sulfone groups is 1. The van der Waals surface area contributed by atoms with Gasteiger partial charge in [-0.15, -0.1) is 0 Å². The molecule has 0 aliphatic heterocycles. The van der Waals surface area contributed by atoms with Gasteiger partial charge < -0.3 is 5.32 Å². The van der Waals surface area contributed by atoms with Crippen LogP contribution in [-0.4, -0.2) is 26.1 Å². The molecule has 3 rings (SSSR count). The Morgan fingerprint density at radius 3 is 2.48 bits per heavy atom. The number of nitrogens with zero attached hydrogens (tertiary/aromatic N) is 1. The van der Waals surface area contributed by atoms with E-state index in [4.69, 9.17) is 0 Å². The van der Waals surface area contributed by atoms with Gasteiger partial charge in [0.2, 0.25) is 0 Å². The van der Waals surface area contributed by atoms with Gasteiger partial charge in [-0.2, -0.15) is 0 Å². The third-order valence-electron chi connectivity index (χ3n) is 4.49. The second kappa shape index (κ2) is 6.42. The number of benzene rings is 2. The van der Waals surface area contributed by atoms with Gasteiger partial charge in [-0.1, -0.05) is 34.1 Å². The topological polar surface area (TPSA) is 89.3 Å². The van der Waals surface area contributed by atoms with Gasteiger partial charge in [-0.05, 0) is 36.6 Å². The summed E-state index contributed by atoms with van der Waals surface area (Å²) in [5, 5.41) is 14.3. The molecule has 1 saturated carbocycles. The number of nitro groups is 1. The third kappa shape index (κ3) is 3.69. The molecule has 0 heterocycles. The van der Waals surface area contributed by atoms with Crippen molar-refractivity contribution in [2.24, 2.45) is 0 Å². The lowest BCUT2D eigenvalue weighted by atomic mass is 9.96. The predicted molar refractivity (Wildman–Crippen MR) is 99.7 cm³/mol. The molecule has 8 heteroatoms. The summed E-state index contributed by atoms with van der Waals surface area (Å²) in [6, 6.07) is 12.2. The molecule has 0 aromatic heterocycles. The zero-order valence-electron chi connectivity index (χ0n) is 13.5. The highest BCUT2D eigenvalue weighted by Gasteiger charge is 2.45. The fourth-order valence-electron chi connectivity index (χ4n) is 2.93. The SMILES string of the molecule is CS(=O)(=O)c1cc(NCC2(c3ccccc3Br)CC2)ccc1[N+](=O)[O-]. The number of anilines is 1. The first-order valence-electron chi connectivity index (χ1n) is 7.70. The molecule has 1 N–H and O–H groups in total. The van der Waals surface area contributed by atoms with E-state index in [1.807, 2.05) is 18.2 Å². The normalized spacial score (nSPS) is 15.6. The van der Waals surface area contributed by atoms with E-state index in [0.717, 1.165) is 23.6 Å². The summed E-state index contributed by atoms with van der Waals surface area (Å²) in [7, 11) is -3.69. The zero-order chi connectivity index (χ0) is 18.2. The molecule has 6 nitrogen and oxygen atoms in total. The number of hydrogen-bond donors (Lipinski definition) is 1. The molecule has 2 aromatic carbocycles. The van der Waals surface area contributed by atoms with E-state index in [1.165, 1.54) is 17.7 Å². The van der Waals surface area contributed by atoms with Gasteiger partial charge in [0.15, 0.2) is 9.84 Å². The molecule has 0 bridgehead atoms. The molecule has 0 unspecified atom stereocenters. The monoisotopic (exact) mass is 424 g/mol. The first-order chi connectivity index (χ1) is 11.7. The fraction of sp³-hybridized carbons (Fsp3) is 0.294. The van der Waals surface area contributed by atoms with Gasteiger partial charge in [0, 0.05) is 34.4 Å². The average molecular weight is 425 g/mol. The molecule has 1 aliphatic rings. The Hall–Kier alpha value is -1.93. The van der Waals surface area contributed by atoms with Crippen molar-refractivity contribution in [3.05, 3.63) is 62.6 Å². The van der Waals surface area contributed by atoms with Crippen LogP contribution >= 0.6 is 15.9 Å². The molecule has 25 heavy (non-hydrogen) atoms. The molecule has 1 aliphatic carbocycles. The van der Waals surface area contributed by atoms with Gasteiger partial charge in [-0.25, -0.2) is 8.42 Å². The van der Waals surface area contributed by atoms with Crippen LogP contribution in [0.25, 0.3) is 0 Å². The standard InChI is InChI=1S/C17H17BrN2O4S/c1-25(23,24)16-10-12(6-7-15(16)20(21)22)19-11-17(8-9-17)13-4-2-3-5-14(13)18/h2-7,10,19H,8-9,11H2,1H3. The number of nitrogens with one attached hydrogen (secondary N) is 1. The van der Waals surface area contributed by atoms with E-state index in [1.54, 1.807) is 6.07 Å². The third-order valence-corrected chi connectivity index (χ3v) is 6.30. The molecule has 0 amide bonds. The highest BCUT2D eigenvalue weighted by Crippen LogP contribution is 2.50. The predicted octanol–water partition coefficient (Wildman–Crippen LogP) is 3.90. The second-order valence-corrected chi connectivity index (χ2v) is 9.16. The number of nitro benzene ring substituents is 1. The van der Waals surface area contributed by atoms with Crippen molar-refractivity contribution in [2.45, 2.75) is 23.2 Å². The van der Waals surface area contributed by atoms with E-state index in [2.05, 4.69) is 27.3 Å².